The second-order valence-corrected chi connectivity index (χ2v) is 9.93. The van der Waals surface area contributed by atoms with Crippen molar-refractivity contribution in [3.05, 3.63) is 41.3 Å². The fourth-order valence-electron chi connectivity index (χ4n) is 5.36. The van der Waals surface area contributed by atoms with Crippen molar-refractivity contribution in [2.45, 2.75) is 37.8 Å². The van der Waals surface area contributed by atoms with Crippen molar-refractivity contribution in [2.24, 2.45) is 0 Å². The molecule has 3 aromatic rings. The predicted molar refractivity (Wildman–Crippen MR) is 134 cm³/mol. The molecule has 9 nitrogen and oxygen atoms in total. The Kier molecular flexibility index (Phi) is 6.50. The van der Waals surface area contributed by atoms with Crippen molar-refractivity contribution in [3.8, 4) is 0 Å². The summed E-state index contributed by atoms with van der Waals surface area (Å²) in [5, 5.41) is 0.265. The maximum absolute atomic E-state index is 15.7. The number of nitrogens with two attached hydrogens (primary N) is 1. The molecule has 5 rings (SSSR count). The van der Waals surface area contributed by atoms with Crippen molar-refractivity contribution in [3.63, 3.8) is 0 Å². The zero-order valence-electron chi connectivity index (χ0n) is 20.0. The first-order chi connectivity index (χ1) is 16.8. The molecular weight excluding hydrogens is 471 g/mol. The number of carbonyl (C=O) groups is 1. The smallest absolute Gasteiger partial charge is 0.273 e. The lowest BCUT2D eigenvalue weighted by atomic mass is 10.1. The highest BCUT2D eigenvalue weighted by Crippen LogP contribution is 2.36. The van der Waals surface area contributed by atoms with Gasteiger partial charge in [0.05, 0.1) is 23.3 Å². The molecule has 0 aromatic carbocycles. The van der Waals surface area contributed by atoms with Crippen LogP contribution in [-0.4, -0.2) is 81.5 Å². The summed E-state index contributed by atoms with van der Waals surface area (Å²) < 4.78 is 17.4. The molecule has 186 valence electrons. The SMILES string of the molecule is CN1CCN(c2ccc(N)cn2)C(CN(C)C(=O)c2c(F)c3cnc(Cl)nc3n2C2CCCC2)C1. The lowest BCUT2D eigenvalue weighted by Crippen LogP contribution is -2.56. The fourth-order valence-corrected chi connectivity index (χ4v) is 5.49. The quantitative estimate of drug-likeness (QED) is 0.537. The van der Waals surface area contributed by atoms with Crippen molar-refractivity contribution in [1.29, 1.82) is 0 Å². The number of pyridine rings is 1. The number of hydrogen-bond donors (Lipinski definition) is 1. The van der Waals surface area contributed by atoms with Crippen molar-refractivity contribution < 1.29 is 9.18 Å². The molecule has 0 radical (unpaired) electrons. The number of carbonyl (C=O) groups excluding carboxylic acids is 1. The minimum absolute atomic E-state index is 0.0107. The molecule has 2 fully saturated rings. The Morgan fingerprint density at radius 1 is 1.23 bits per heavy atom. The highest BCUT2D eigenvalue weighted by molar-refractivity contribution is 6.28. The molecule has 1 unspecified atom stereocenters. The Hall–Kier alpha value is -2.98. The third kappa shape index (κ3) is 4.52. The summed E-state index contributed by atoms with van der Waals surface area (Å²) >= 11 is 6.05. The third-order valence-electron chi connectivity index (χ3n) is 7.13. The van der Waals surface area contributed by atoms with Gasteiger partial charge in [-0.25, -0.2) is 14.4 Å². The molecule has 1 aliphatic carbocycles. The van der Waals surface area contributed by atoms with Gasteiger partial charge in [0, 0.05) is 45.5 Å². The standard InChI is InChI=1S/C24H30ClFN8O/c1-31-9-10-33(19-8-7-15(27)11-28-19)17(13-31)14-32(2)23(35)21-20(26)18-12-29-24(25)30-22(18)34(21)16-5-3-4-6-16/h7-8,11-12,16-17H,3-6,9-10,13-14,27H2,1-2H3. The lowest BCUT2D eigenvalue weighted by molar-refractivity contribution is 0.0756. The molecule has 11 heteroatoms. The van der Waals surface area contributed by atoms with E-state index in [1.54, 1.807) is 22.7 Å². The number of aromatic nitrogens is 4. The van der Waals surface area contributed by atoms with E-state index in [2.05, 4.69) is 31.8 Å². The van der Waals surface area contributed by atoms with E-state index in [1.807, 2.05) is 12.1 Å². The van der Waals surface area contributed by atoms with Crippen LogP contribution in [-0.2, 0) is 0 Å². The number of rotatable bonds is 5. The van der Waals surface area contributed by atoms with E-state index >= 15 is 4.39 Å². The molecule has 1 atom stereocenters. The normalized spacial score (nSPS) is 19.5. The van der Waals surface area contributed by atoms with Gasteiger partial charge in [0.15, 0.2) is 5.82 Å². The second-order valence-electron chi connectivity index (χ2n) is 9.59. The van der Waals surface area contributed by atoms with Gasteiger partial charge in [0.1, 0.15) is 17.2 Å². The summed E-state index contributed by atoms with van der Waals surface area (Å²) in [6.45, 7) is 2.81. The number of piperazine rings is 1. The van der Waals surface area contributed by atoms with Gasteiger partial charge in [-0.05, 0) is 43.6 Å². The largest absolute Gasteiger partial charge is 0.397 e. The van der Waals surface area contributed by atoms with Crippen LogP contribution in [0.5, 0.6) is 0 Å². The first kappa shape index (κ1) is 23.7. The van der Waals surface area contributed by atoms with Crippen LogP contribution in [0, 0.1) is 5.82 Å². The van der Waals surface area contributed by atoms with Gasteiger partial charge in [-0.1, -0.05) is 12.8 Å². The van der Waals surface area contributed by atoms with Crippen molar-refractivity contribution in [1.82, 2.24) is 29.3 Å². The molecule has 1 aliphatic heterocycles. The third-order valence-corrected chi connectivity index (χ3v) is 7.31. The number of nitrogens with zero attached hydrogens (tertiary/aromatic N) is 7. The Balaban J connectivity index is 1.47. The second kappa shape index (κ2) is 9.58. The Bertz CT molecular complexity index is 1230. The van der Waals surface area contributed by atoms with Crippen molar-refractivity contribution >= 4 is 40.0 Å². The highest BCUT2D eigenvalue weighted by atomic mass is 35.5. The first-order valence-electron chi connectivity index (χ1n) is 12.0. The van der Waals surface area contributed by atoms with Gasteiger partial charge in [-0.3, -0.25) is 4.79 Å². The highest BCUT2D eigenvalue weighted by Gasteiger charge is 2.34. The summed E-state index contributed by atoms with van der Waals surface area (Å²) in [5.74, 6) is -0.144. The van der Waals surface area contributed by atoms with Crippen molar-refractivity contribution in [2.75, 3.05) is 50.9 Å². The zero-order valence-corrected chi connectivity index (χ0v) is 20.7. The lowest BCUT2D eigenvalue weighted by Gasteiger charge is -2.42. The number of nitrogen functional groups attached to an aromatic ring is 1. The van der Waals surface area contributed by atoms with E-state index in [1.165, 1.54) is 6.20 Å². The molecule has 35 heavy (non-hydrogen) atoms. The average molecular weight is 501 g/mol. The van der Waals surface area contributed by atoms with Crippen LogP contribution in [0.15, 0.2) is 24.5 Å². The number of anilines is 2. The molecule has 3 aromatic heterocycles. The van der Waals surface area contributed by atoms with E-state index in [0.29, 0.717) is 17.9 Å². The van der Waals surface area contributed by atoms with Gasteiger partial charge in [-0.15, -0.1) is 0 Å². The minimum atomic E-state index is -0.585. The average Bonchev–Trinajstić information content (AvgIpc) is 3.45. The Morgan fingerprint density at radius 3 is 2.71 bits per heavy atom. The van der Waals surface area contributed by atoms with Gasteiger partial charge in [-0.2, -0.15) is 4.98 Å². The van der Waals surface area contributed by atoms with Crippen LogP contribution in [0.1, 0.15) is 42.2 Å². The van der Waals surface area contributed by atoms with Gasteiger partial charge >= 0.3 is 0 Å². The van der Waals surface area contributed by atoms with E-state index in [4.69, 9.17) is 17.3 Å². The predicted octanol–water partition coefficient (Wildman–Crippen LogP) is 3.21. The van der Waals surface area contributed by atoms with Crippen LogP contribution in [0.3, 0.4) is 0 Å². The number of amides is 1. The van der Waals surface area contributed by atoms with Gasteiger partial charge in [0.25, 0.3) is 5.91 Å². The summed E-state index contributed by atoms with van der Waals surface area (Å²) in [6, 6.07) is 3.72. The maximum atomic E-state index is 15.7. The van der Waals surface area contributed by atoms with E-state index < -0.39 is 5.82 Å². The molecule has 0 bridgehead atoms. The fraction of sp³-hybridized carbons (Fsp3) is 0.500. The first-order valence-corrected chi connectivity index (χ1v) is 12.4. The van der Waals surface area contributed by atoms with Crippen LogP contribution >= 0.6 is 11.6 Å². The van der Waals surface area contributed by atoms with E-state index in [9.17, 15) is 4.79 Å². The Labute approximate surface area is 208 Å². The molecule has 1 amide bonds. The molecule has 2 N–H and O–H groups in total. The number of likely N-dealkylation sites (N-methyl/N-ethyl adjacent to an activating group) is 2. The van der Waals surface area contributed by atoms with Crippen LogP contribution in [0.2, 0.25) is 5.28 Å². The number of halogens is 2. The van der Waals surface area contributed by atoms with E-state index in [0.717, 1.165) is 51.1 Å². The summed E-state index contributed by atoms with van der Waals surface area (Å²) in [6.07, 6.45) is 6.82. The summed E-state index contributed by atoms with van der Waals surface area (Å²) in [4.78, 5) is 32.5. The topological polar surface area (TPSA) is 96.4 Å². The molecule has 1 saturated carbocycles. The molecule has 4 heterocycles. The van der Waals surface area contributed by atoms with Crippen LogP contribution < -0.4 is 10.6 Å². The van der Waals surface area contributed by atoms with E-state index in [-0.39, 0.29) is 34.4 Å². The molecular formula is C24H30ClFN8O. The molecule has 1 saturated heterocycles. The minimum Gasteiger partial charge on any atom is -0.397 e. The van der Waals surface area contributed by atoms with Crippen LogP contribution in [0.25, 0.3) is 11.0 Å². The van der Waals surface area contributed by atoms with Gasteiger partial charge < -0.3 is 25.0 Å². The summed E-state index contributed by atoms with van der Waals surface area (Å²) in [7, 11) is 3.78. The zero-order chi connectivity index (χ0) is 24.7. The number of hydrogen-bond acceptors (Lipinski definition) is 7. The van der Waals surface area contributed by atoms with Gasteiger partial charge in [0.2, 0.25) is 5.28 Å². The van der Waals surface area contributed by atoms with Crippen LogP contribution in [0.4, 0.5) is 15.9 Å². The Morgan fingerprint density at radius 2 is 2.00 bits per heavy atom. The molecule has 2 aliphatic rings. The molecule has 0 spiro atoms. The monoisotopic (exact) mass is 500 g/mol. The summed E-state index contributed by atoms with van der Waals surface area (Å²) in [5.41, 5.74) is 6.84. The maximum Gasteiger partial charge on any atom is 0.273 e. The number of fused-ring (bicyclic) bond motifs is 1.